The van der Waals surface area contributed by atoms with Crippen molar-refractivity contribution in [3.05, 3.63) is 24.0 Å². The van der Waals surface area contributed by atoms with Gasteiger partial charge in [-0.05, 0) is 51.8 Å². The van der Waals surface area contributed by atoms with E-state index in [1.54, 1.807) is 25.7 Å². The maximum atomic E-state index is 14.3. The number of carbonyl (C=O) groups is 2. The highest BCUT2D eigenvalue weighted by Crippen LogP contribution is 2.28. The van der Waals surface area contributed by atoms with Crippen LogP contribution in [0.2, 0.25) is 0 Å². The summed E-state index contributed by atoms with van der Waals surface area (Å²) in [7, 11) is -3.59. The number of ether oxygens (including phenoxy) is 2. The molecule has 0 bridgehead atoms. The van der Waals surface area contributed by atoms with E-state index in [-0.39, 0.29) is 23.2 Å². The van der Waals surface area contributed by atoms with Crippen LogP contribution in [0.5, 0.6) is 5.75 Å². The Morgan fingerprint density at radius 3 is 2.38 bits per heavy atom. The van der Waals surface area contributed by atoms with Crippen molar-refractivity contribution in [1.29, 1.82) is 0 Å². The van der Waals surface area contributed by atoms with E-state index in [4.69, 9.17) is 9.47 Å². The Kier molecular flexibility index (Phi) is 6.71. The molecule has 1 aromatic carbocycles. The summed E-state index contributed by atoms with van der Waals surface area (Å²) in [6.45, 7) is 6.22. The number of aliphatic hydroxyl groups excluding tert-OH is 1. The summed E-state index contributed by atoms with van der Waals surface area (Å²) in [5, 5.41) is 10.4. The Balaban J connectivity index is 1.62. The van der Waals surface area contributed by atoms with E-state index in [0.717, 1.165) is 18.4 Å². The van der Waals surface area contributed by atoms with E-state index in [1.807, 2.05) is 0 Å². The molecular weight excluding hydrogens is 443 g/mol. The highest BCUT2D eigenvalue weighted by molar-refractivity contribution is 7.90. The van der Waals surface area contributed by atoms with E-state index >= 15 is 0 Å². The minimum Gasteiger partial charge on any atom is -0.475 e. The van der Waals surface area contributed by atoms with Gasteiger partial charge in [-0.15, -0.1) is 0 Å². The van der Waals surface area contributed by atoms with Crippen LogP contribution in [0.3, 0.4) is 0 Å². The van der Waals surface area contributed by atoms with Crippen LogP contribution in [-0.2, 0) is 19.4 Å². The molecule has 0 spiro atoms. The first-order valence-electron chi connectivity index (χ1n) is 10.4. The average molecular weight is 473 g/mol. The molecular formula is C21H29FN2O7S. The van der Waals surface area contributed by atoms with Gasteiger partial charge in [0.2, 0.25) is 6.10 Å². The molecule has 9 nitrogen and oxygen atoms in total. The summed E-state index contributed by atoms with van der Waals surface area (Å²) in [6, 6.07) is 2.94. The zero-order valence-electron chi connectivity index (χ0n) is 18.6. The quantitative estimate of drug-likeness (QED) is 0.708. The molecule has 0 saturated carbocycles. The zero-order valence-corrected chi connectivity index (χ0v) is 19.4. The number of aliphatic hydroxyl groups is 1. The first-order valence-corrected chi connectivity index (χ1v) is 12.3. The Bertz CT molecular complexity index is 984. The number of piperidine rings is 1. The summed E-state index contributed by atoms with van der Waals surface area (Å²) in [6.07, 6.45) is -0.877. The second kappa shape index (κ2) is 8.86. The van der Waals surface area contributed by atoms with E-state index in [9.17, 15) is 27.5 Å². The Hall–Kier alpha value is -2.40. The summed E-state index contributed by atoms with van der Waals surface area (Å²) in [5.74, 6) is -1.71. The van der Waals surface area contributed by atoms with Crippen LogP contribution in [0, 0.1) is 5.82 Å². The van der Waals surface area contributed by atoms with Gasteiger partial charge in [0, 0.05) is 25.4 Å². The van der Waals surface area contributed by atoms with E-state index in [2.05, 4.69) is 0 Å². The molecule has 2 heterocycles. The molecule has 2 amide bonds. The zero-order chi connectivity index (χ0) is 23.8. The number of β-amino-alcohol motifs (C(OH)–C–C–N with tert-alkyl or cyclic N) is 1. The lowest BCUT2D eigenvalue weighted by Crippen LogP contribution is -2.49. The van der Waals surface area contributed by atoms with Gasteiger partial charge < -0.3 is 24.4 Å². The van der Waals surface area contributed by atoms with Crippen molar-refractivity contribution in [2.45, 2.75) is 62.4 Å². The fourth-order valence-corrected chi connectivity index (χ4v) is 4.44. The molecule has 0 aliphatic carbocycles. The second-order valence-electron chi connectivity index (χ2n) is 9.16. The number of likely N-dealkylation sites (tertiary alicyclic amines) is 2. The first-order chi connectivity index (χ1) is 14.8. The highest BCUT2D eigenvalue weighted by Gasteiger charge is 2.45. The number of rotatable bonds is 4. The summed E-state index contributed by atoms with van der Waals surface area (Å²) in [4.78, 5) is 28.0. The third kappa shape index (κ3) is 5.50. The minimum atomic E-state index is -3.59. The van der Waals surface area contributed by atoms with Crippen LogP contribution in [0.1, 0.15) is 33.6 Å². The standard InChI is InChI=1S/C21H29FN2O7S/c1-21(2,3)31-20(27)23-9-7-13(8-10-23)24-12-16(25)18(19(24)26)30-17-6-5-14(11-15(17)22)32(4,28)29/h5-6,11,13,16,18,25H,7-10,12H2,1-4H3. The summed E-state index contributed by atoms with van der Waals surface area (Å²) < 4.78 is 48.3. The molecule has 2 fully saturated rings. The van der Waals surface area contributed by atoms with Crippen molar-refractivity contribution in [3.8, 4) is 5.75 Å². The fourth-order valence-electron chi connectivity index (χ4n) is 3.80. The van der Waals surface area contributed by atoms with Crippen LogP contribution < -0.4 is 4.74 Å². The topological polar surface area (TPSA) is 113 Å². The Morgan fingerprint density at radius 2 is 1.84 bits per heavy atom. The van der Waals surface area contributed by atoms with Crippen molar-refractivity contribution in [2.75, 3.05) is 25.9 Å². The smallest absolute Gasteiger partial charge is 0.410 e. The van der Waals surface area contributed by atoms with E-state index < -0.39 is 45.5 Å². The molecule has 32 heavy (non-hydrogen) atoms. The molecule has 1 N–H and O–H groups in total. The lowest BCUT2D eigenvalue weighted by atomic mass is 10.0. The van der Waals surface area contributed by atoms with Gasteiger partial charge in [0.15, 0.2) is 21.4 Å². The molecule has 0 aromatic heterocycles. The predicted molar refractivity (Wildman–Crippen MR) is 112 cm³/mol. The van der Waals surface area contributed by atoms with Gasteiger partial charge in [0.25, 0.3) is 5.91 Å². The Labute approximate surface area is 187 Å². The molecule has 1 aromatic rings. The maximum absolute atomic E-state index is 14.3. The summed E-state index contributed by atoms with van der Waals surface area (Å²) >= 11 is 0. The average Bonchev–Trinajstić information content (AvgIpc) is 2.95. The van der Waals surface area contributed by atoms with Gasteiger partial charge in [0.05, 0.1) is 11.4 Å². The number of amides is 2. The number of nitrogens with zero attached hydrogens (tertiary/aromatic N) is 2. The van der Waals surface area contributed by atoms with Crippen LogP contribution in [-0.4, -0.2) is 85.1 Å². The molecule has 11 heteroatoms. The van der Waals surface area contributed by atoms with Crippen molar-refractivity contribution in [3.63, 3.8) is 0 Å². The van der Waals surface area contributed by atoms with Crippen molar-refractivity contribution < 1.29 is 37.0 Å². The molecule has 0 radical (unpaired) electrons. The number of sulfone groups is 1. The minimum absolute atomic E-state index is 0.0314. The molecule has 2 unspecified atom stereocenters. The SMILES string of the molecule is CC(C)(C)OC(=O)N1CCC(N2CC(O)C(Oc3ccc(S(C)(=O)=O)cc3F)C2=O)CC1. The number of hydrogen-bond acceptors (Lipinski definition) is 7. The Morgan fingerprint density at radius 1 is 1.22 bits per heavy atom. The van der Waals surface area contributed by atoms with Gasteiger partial charge in [-0.2, -0.15) is 0 Å². The molecule has 2 aliphatic rings. The number of benzene rings is 1. The van der Waals surface area contributed by atoms with E-state index in [1.165, 1.54) is 11.0 Å². The molecule has 178 valence electrons. The van der Waals surface area contributed by atoms with Crippen molar-refractivity contribution in [1.82, 2.24) is 9.80 Å². The van der Waals surface area contributed by atoms with E-state index in [0.29, 0.717) is 25.9 Å². The number of hydrogen-bond donors (Lipinski definition) is 1. The molecule has 2 atom stereocenters. The molecule has 2 saturated heterocycles. The monoisotopic (exact) mass is 472 g/mol. The van der Waals surface area contributed by atoms with Gasteiger partial charge in [0.1, 0.15) is 11.7 Å². The van der Waals surface area contributed by atoms with Crippen LogP contribution in [0.25, 0.3) is 0 Å². The van der Waals surface area contributed by atoms with Crippen LogP contribution >= 0.6 is 0 Å². The van der Waals surface area contributed by atoms with Gasteiger partial charge in [-0.25, -0.2) is 17.6 Å². The lowest BCUT2D eigenvalue weighted by Gasteiger charge is -2.37. The van der Waals surface area contributed by atoms with Crippen molar-refractivity contribution in [2.24, 2.45) is 0 Å². The lowest BCUT2D eigenvalue weighted by molar-refractivity contribution is -0.136. The van der Waals surface area contributed by atoms with Crippen LogP contribution in [0.4, 0.5) is 9.18 Å². The predicted octanol–water partition coefficient (Wildman–Crippen LogP) is 1.58. The third-order valence-electron chi connectivity index (χ3n) is 5.40. The van der Waals surface area contributed by atoms with Gasteiger partial charge in [-0.1, -0.05) is 0 Å². The summed E-state index contributed by atoms with van der Waals surface area (Å²) in [5.41, 5.74) is -0.595. The normalized spacial score (nSPS) is 22.9. The molecule has 2 aliphatic heterocycles. The first kappa shape index (κ1) is 24.2. The largest absolute Gasteiger partial charge is 0.475 e. The highest BCUT2D eigenvalue weighted by atomic mass is 32.2. The maximum Gasteiger partial charge on any atom is 0.410 e. The second-order valence-corrected chi connectivity index (χ2v) is 11.2. The van der Waals surface area contributed by atoms with Gasteiger partial charge >= 0.3 is 6.09 Å². The fraction of sp³-hybridized carbons (Fsp3) is 0.619. The van der Waals surface area contributed by atoms with Crippen LogP contribution in [0.15, 0.2) is 23.1 Å². The third-order valence-corrected chi connectivity index (χ3v) is 6.51. The molecule has 3 rings (SSSR count). The number of carbonyl (C=O) groups excluding carboxylic acids is 2. The van der Waals surface area contributed by atoms with Gasteiger partial charge in [-0.3, -0.25) is 4.79 Å². The number of halogens is 1. The van der Waals surface area contributed by atoms with Crippen molar-refractivity contribution >= 4 is 21.8 Å².